The van der Waals surface area contributed by atoms with Crippen molar-refractivity contribution in [1.82, 2.24) is 14.3 Å². The molecule has 0 unspecified atom stereocenters. The SMILES string of the molecule is CCN(C(C)(C)C(=O)O)S(=O)(=O)c1c[nH]c2ncccc12. The van der Waals surface area contributed by atoms with E-state index in [0.717, 1.165) is 4.31 Å². The predicted octanol–water partition coefficient (Wildman–Crippen LogP) is 1.44. The van der Waals surface area contributed by atoms with Crippen molar-refractivity contribution in [3.05, 3.63) is 24.5 Å². The minimum absolute atomic E-state index is 0.0294. The number of aromatic nitrogens is 2. The number of carboxylic acid groups (broad SMARTS) is 1. The number of hydrogen-bond acceptors (Lipinski definition) is 4. The zero-order chi connectivity index (χ0) is 15.8. The highest BCUT2D eigenvalue weighted by Crippen LogP contribution is 2.29. The van der Waals surface area contributed by atoms with Crippen LogP contribution in [-0.4, -0.2) is 45.9 Å². The van der Waals surface area contributed by atoms with Gasteiger partial charge in [-0.1, -0.05) is 6.92 Å². The van der Waals surface area contributed by atoms with Crippen molar-refractivity contribution in [1.29, 1.82) is 0 Å². The lowest BCUT2D eigenvalue weighted by Crippen LogP contribution is -2.52. The molecule has 7 nitrogen and oxygen atoms in total. The number of fused-ring (bicyclic) bond motifs is 1. The molecular formula is C13H17N3O4S. The summed E-state index contributed by atoms with van der Waals surface area (Å²) in [5.41, 5.74) is -1.10. The standard InChI is InChI=1S/C13H17N3O4S/c1-4-16(13(2,3)12(17)18)21(19,20)10-8-15-11-9(10)6-5-7-14-11/h5-8H,4H2,1-3H3,(H,14,15)(H,17,18). The van der Waals surface area contributed by atoms with Crippen LogP contribution in [0.25, 0.3) is 11.0 Å². The number of hydrogen-bond donors (Lipinski definition) is 2. The van der Waals surface area contributed by atoms with Gasteiger partial charge in [0.15, 0.2) is 0 Å². The van der Waals surface area contributed by atoms with E-state index >= 15 is 0 Å². The Labute approximate surface area is 122 Å². The summed E-state index contributed by atoms with van der Waals surface area (Å²) in [4.78, 5) is 18.2. The molecule has 2 N–H and O–H groups in total. The highest BCUT2D eigenvalue weighted by atomic mass is 32.2. The lowest BCUT2D eigenvalue weighted by Gasteiger charge is -2.32. The average molecular weight is 311 g/mol. The molecule has 0 spiro atoms. The third-order valence-electron chi connectivity index (χ3n) is 3.42. The number of aliphatic carboxylic acids is 1. The number of pyridine rings is 1. The van der Waals surface area contributed by atoms with Gasteiger partial charge in [-0.3, -0.25) is 4.79 Å². The van der Waals surface area contributed by atoms with Gasteiger partial charge in [-0.25, -0.2) is 13.4 Å². The molecule has 0 aliphatic rings. The van der Waals surface area contributed by atoms with Crippen molar-refractivity contribution in [2.45, 2.75) is 31.2 Å². The molecule has 0 saturated heterocycles. The first-order valence-electron chi connectivity index (χ1n) is 6.41. The quantitative estimate of drug-likeness (QED) is 0.869. The van der Waals surface area contributed by atoms with E-state index in [2.05, 4.69) is 9.97 Å². The van der Waals surface area contributed by atoms with Gasteiger partial charge in [0.2, 0.25) is 10.0 Å². The number of nitrogens with one attached hydrogen (secondary N) is 1. The van der Waals surface area contributed by atoms with Crippen molar-refractivity contribution >= 4 is 27.0 Å². The van der Waals surface area contributed by atoms with Crippen LogP contribution in [0.2, 0.25) is 0 Å². The minimum Gasteiger partial charge on any atom is -0.480 e. The number of H-pyrrole nitrogens is 1. The fraction of sp³-hybridized carbons (Fsp3) is 0.385. The van der Waals surface area contributed by atoms with E-state index in [0.29, 0.717) is 11.0 Å². The first-order chi connectivity index (χ1) is 9.72. The lowest BCUT2D eigenvalue weighted by atomic mass is 10.1. The number of aromatic amines is 1. The molecule has 114 valence electrons. The first-order valence-corrected chi connectivity index (χ1v) is 7.85. The second kappa shape index (κ2) is 5.12. The van der Waals surface area contributed by atoms with Crippen LogP contribution in [0, 0.1) is 0 Å². The molecule has 2 rings (SSSR count). The van der Waals surface area contributed by atoms with Crippen molar-refractivity contribution in [2.24, 2.45) is 0 Å². The van der Waals surface area contributed by atoms with Gasteiger partial charge in [0.05, 0.1) is 0 Å². The van der Waals surface area contributed by atoms with E-state index < -0.39 is 21.5 Å². The Morgan fingerprint density at radius 2 is 2.14 bits per heavy atom. The number of nitrogens with zero attached hydrogens (tertiary/aromatic N) is 2. The zero-order valence-electron chi connectivity index (χ0n) is 12.0. The van der Waals surface area contributed by atoms with E-state index in [9.17, 15) is 18.3 Å². The van der Waals surface area contributed by atoms with Gasteiger partial charge in [-0.2, -0.15) is 4.31 Å². The summed E-state index contributed by atoms with van der Waals surface area (Å²) in [6.07, 6.45) is 2.89. The van der Waals surface area contributed by atoms with Crippen LogP contribution in [-0.2, 0) is 14.8 Å². The van der Waals surface area contributed by atoms with E-state index in [4.69, 9.17) is 0 Å². The Hall–Kier alpha value is -1.93. The van der Waals surface area contributed by atoms with Crippen LogP contribution in [0.1, 0.15) is 20.8 Å². The first kappa shape index (κ1) is 15.5. The maximum atomic E-state index is 12.8. The summed E-state index contributed by atoms with van der Waals surface area (Å²) in [5, 5.41) is 9.73. The molecule has 0 saturated carbocycles. The van der Waals surface area contributed by atoms with Gasteiger partial charge >= 0.3 is 5.97 Å². The van der Waals surface area contributed by atoms with Crippen molar-refractivity contribution in [3.8, 4) is 0 Å². The summed E-state index contributed by atoms with van der Waals surface area (Å²) in [5.74, 6) is -1.20. The van der Waals surface area contributed by atoms with Gasteiger partial charge in [0, 0.05) is 24.3 Å². The maximum absolute atomic E-state index is 12.8. The van der Waals surface area contributed by atoms with Crippen LogP contribution in [0.4, 0.5) is 0 Å². The van der Waals surface area contributed by atoms with Crippen LogP contribution in [0.5, 0.6) is 0 Å². The molecular weight excluding hydrogens is 294 g/mol. The third-order valence-corrected chi connectivity index (χ3v) is 5.60. The number of likely N-dealkylation sites (N-methyl/N-ethyl adjacent to an activating group) is 1. The van der Waals surface area contributed by atoms with E-state index in [1.54, 1.807) is 25.3 Å². The zero-order valence-corrected chi connectivity index (χ0v) is 12.8. The van der Waals surface area contributed by atoms with Gasteiger partial charge < -0.3 is 10.1 Å². The Balaban J connectivity index is 2.63. The molecule has 0 bridgehead atoms. The minimum atomic E-state index is -3.96. The number of rotatable bonds is 5. The van der Waals surface area contributed by atoms with Crippen molar-refractivity contribution in [3.63, 3.8) is 0 Å². The van der Waals surface area contributed by atoms with Crippen molar-refractivity contribution < 1.29 is 18.3 Å². The molecule has 0 aliphatic carbocycles. The molecule has 0 amide bonds. The Bertz CT molecular complexity index is 780. The summed E-state index contributed by atoms with van der Waals surface area (Å²) in [6, 6.07) is 3.27. The smallest absolute Gasteiger partial charge is 0.324 e. The molecule has 8 heteroatoms. The van der Waals surface area contributed by atoms with Gasteiger partial charge in [-0.15, -0.1) is 0 Å². The second-order valence-electron chi connectivity index (χ2n) is 5.09. The summed E-state index contributed by atoms with van der Waals surface area (Å²) >= 11 is 0. The van der Waals surface area contributed by atoms with Crippen LogP contribution in [0.15, 0.2) is 29.4 Å². The summed E-state index contributed by atoms with van der Waals surface area (Å²) in [7, 11) is -3.96. The number of sulfonamides is 1. The van der Waals surface area contributed by atoms with Gasteiger partial charge in [0.1, 0.15) is 16.1 Å². The molecule has 21 heavy (non-hydrogen) atoms. The van der Waals surface area contributed by atoms with E-state index in [-0.39, 0.29) is 11.4 Å². The molecule has 0 fully saturated rings. The van der Waals surface area contributed by atoms with E-state index in [1.165, 1.54) is 20.0 Å². The highest BCUT2D eigenvalue weighted by molar-refractivity contribution is 7.89. The van der Waals surface area contributed by atoms with Gasteiger partial charge in [-0.05, 0) is 26.0 Å². The Morgan fingerprint density at radius 3 is 2.71 bits per heavy atom. The topological polar surface area (TPSA) is 103 Å². The second-order valence-corrected chi connectivity index (χ2v) is 6.92. The number of carbonyl (C=O) groups is 1. The molecule has 0 aromatic carbocycles. The van der Waals surface area contributed by atoms with Crippen LogP contribution in [0.3, 0.4) is 0 Å². The molecule has 0 atom stereocenters. The molecule has 2 aromatic heterocycles. The normalized spacial score (nSPS) is 13.0. The van der Waals surface area contributed by atoms with Crippen molar-refractivity contribution in [2.75, 3.05) is 6.54 Å². The average Bonchev–Trinajstić information content (AvgIpc) is 2.83. The summed E-state index contributed by atoms with van der Waals surface area (Å²) < 4.78 is 26.6. The lowest BCUT2D eigenvalue weighted by molar-refractivity contribution is -0.146. The Kier molecular flexibility index (Phi) is 3.77. The molecule has 0 radical (unpaired) electrons. The van der Waals surface area contributed by atoms with E-state index in [1.807, 2.05) is 0 Å². The van der Waals surface area contributed by atoms with Gasteiger partial charge in [0.25, 0.3) is 0 Å². The van der Waals surface area contributed by atoms with Crippen LogP contribution >= 0.6 is 0 Å². The number of carboxylic acids is 1. The fourth-order valence-corrected chi connectivity index (χ4v) is 4.14. The molecule has 0 aliphatic heterocycles. The monoisotopic (exact) mass is 311 g/mol. The predicted molar refractivity (Wildman–Crippen MR) is 77.4 cm³/mol. The largest absolute Gasteiger partial charge is 0.480 e. The Morgan fingerprint density at radius 1 is 1.48 bits per heavy atom. The highest BCUT2D eigenvalue weighted by Gasteiger charge is 2.42. The third kappa shape index (κ3) is 2.40. The molecule has 2 aromatic rings. The molecule has 2 heterocycles. The summed E-state index contributed by atoms with van der Waals surface area (Å²) in [6.45, 7) is 4.39. The fourth-order valence-electron chi connectivity index (χ4n) is 2.24. The maximum Gasteiger partial charge on any atom is 0.324 e. The van der Waals surface area contributed by atoms with Crippen LogP contribution < -0.4 is 0 Å².